The minimum Gasteiger partial charge on any atom is -0.469 e. The van der Waals surface area contributed by atoms with Crippen molar-refractivity contribution >= 4 is 99.5 Å². The van der Waals surface area contributed by atoms with Gasteiger partial charge in [0.2, 0.25) is 11.8 Å². The van der Waals surface area contributed by atoms with Gasteiger partial charge in [-0.1, -0.05) is 23.5 Å². The summed E-state index contributed by atoms with van der Waals surface area (Å²) < 4.78 is 20.8. The number of carbonyl (C=O) groups is 11. The Morgan fingerprint density at radius 2 is 0.500 bits per heavy atom. The minimum atomic E-state index is -0.407. The van der Waals surface area contributed by atoms with E-state index < -0.39 is 12.2 Å². The summed E-state index contributed by atoms with van der Waals surface area (Å²) in [5.74, 6) is -0.139. The van der Waals surface area contributed by atoms with Crippen LogP contribution in [0.25, 0.3) is 0 Å². The summed E-state index contributed by atoms with van der Waals surface area (Å²) in [6, 6.07) is -0.139. The zero-order valence-corrected chi connectivity index (χ0v) is 53.9. The first-order valence-corrected chi connectivity index (χ1v) is 24.9. The van der Waals surface area contributed by atoms with Crippen molar-refractivity contribution in [3.05, 3.63) is 0 Å². The molecule has 0 saturated heterocycles. The molecule has 0 rings (SSSR count). The Balaban J connectivity index is -0.0000000439. The Hall–Kier alpha value is -5.46. The van der Waals surface area contributed by atoms with Gasteiger partial charge in [-0.05, 0) is 60.0 Å². The Morgan fingerprint density at radius 1 is 0.351 bits per heavy atom. The normalized spacial score (nSPS) is 7.38. The van der Waals surface area contributed by atoms with Crippen LogP contribution in [0.15, 0.2) is 0 Å². The van der Waals surface area contributed by atoms with Crippen molar-refractivity contribution < 1.29 is 76.4 Å². The first kappa shape index (κ1) is 105. The summed E-state index contributed by atoms with van der Waals surface area (Å²) >= 11 is 4.10. The van der Waals surface area contributed by atoms with Crippen LogP contribution in [-0.4, -0.2) is 276 Å². The van der Waals surface area contributed by atoms with Gasteiger partial charge in [0.05, 0.1) is 28.4 Å². The molecule has 27 nitrogen and oxygen atoms in total. The molecule has 6 N–H and O–H groups in total. The monoisotopic (exact) mass is 1140 g/mol. The molecule has 0 saturated carbocycles. The van der Waals surface area contributed by atoms with Crippen molar-refractivity contribution in [1.82, 2.24) is 56.4 Å². The summed E-state index contributed by atoms with van der Waals surface area (Å²) in [6.07, 6.45) is 6.74. The molecule has 0 aromatic carbocycles. The summed E-state index contributed by atoms with van der Waals surface area (Å²) in [5.41, 5.74) is 0. The zero-order chi connectivity index (χ0) is 63.1. The number of carbonyl (C=O) groups excluding carboxylic acids is 11. The molecule has 450 valence electrons. The van der Waals surface area contributed by atoms with E-state index in [2.05, 4.69) is 55.6 Å². The number of hydrogen-bond donors (Lipinski definition) is 6. The maximum atomic E-state index is 10.3. The Labute approximate surface area is 459 Å². The number of thioether (sulfide) groups is 3. The van der Waals surface area contributed by atoms with E-state index in [1.165, 1.54) is 127 Å². The van der Waals surface area contributed by atoms with E-state index in [0.29, 0.717) is 0 Å². The quantitative estimate of drug-likeness (QED) is 0.149. The molecule has 0 atom stereocenters. The lowest BCUT2D eigenvalue weighted by atomic mass is 10.6. The van der Waals surface area contributed by atoms with Crippen molar-refractivity contribution in [1.29, 1.82) is 0 Å². The Kier molecular flexibility index (Phi) is 133. The van der Waals surface area contributed by atoms with Gasteiger partial charge in [-0.3, -0.25) is 28.8 Å². The lowest BCUT2D eigenvalue weighted by Gasteiger charge is -2.06. The molecule has 74 heavy (non-hydrogen) atoms. The third-order valence-electron chi connectivity index (χ3n) is 4.63. The highest BCUT2D eigenvalue weighted by atomic mass is 32.2. The summed E-state index contributed by atoms with van der Waals surface area (Å²) in [7, 11) is 37.7. The van der Waals surface area contributed by atoms with E-state index in [0.717, 1.165) is 0 Å². The third-order valence-corrected chi connectivity index (χ3v) is 5.78. The molecule has 0 aliphatic heterocycles. The molecule has 0 radical (unpaired) electrons. The van der Waals surface area contributed by atoms with E-state index in [1.807, 2.05) is 38.6 Å². The average Bonchev–Trinajstić information content (AvgIpc) is 3.33. The molecule has 10 amide bonds. The summed E-state index contributed by atoms with van der Waals surface area (Å²) in [6.45, 7) is 8.83. The number of nitrogens with zero attached hydrogens (tertiary/aromatic N) is 5. The van der Waals surface area contributed by atoms with Gasteiger partial charge in [0.25, 0.3) is 10.5 Å². The van der Waals surface area contributed by atoms with Gasteiger partial charge >= 0.3 is 36.2 Å². The van der Waals surface area contributed by atoms with Crippen LogP contribution in [-0.2, 0) is 47.7 Å². The SMILES string of the molecule is CC(=O)N(C)C.CC(=O)N(C)C.CC(C)=O.CN(C)C.CNC(=O)N(C)C.CNC(=O)N(C)C.CNC(=O)OC.CNC(=O)OC.CNC(=O)SC.CNC(=O)SC.COC.COC(C)=O.COC(C)=O.CSC. The van der Waals surface area contributed by atoms with E-state index in [9.17, 15) is 52.7 Å². The fourth-order valence-electron chi connectivity index (χ4n) is 0.855. The average molecular weight is 1140 g/mol. The number of rotatable bonds is 0. The highest BCUT2D eigenvalue weighted by molar-refractivity contribution is 8.13. The lowest BCUT2D eigenvalue weighted by molar-refractivity contribution is -0.138. The summed E-state index contributed by atoms with van der Waals surface area (Å²) in [4.78, 5) is 117. The zero-order valence-electron chi connectivity index (χ0n) is 51.5. The lowest BCUT2D eigenvalue weighted by Crippen LogP contribution is -2.31. The molecule has 0 aromatic rings. The first-order valence-electron chi connectivity index (χ1n) is 20.9. The number of hydrogen-bond acceptors (Lipinski definition) is 20. The number of methoxy groups -OCH3 is 5. The van der Waals surface area contributed by atoms with Crippen molar-refractivity contribution in [2.75, 3.05) is 187 Å². The molecule has 0 fully saturated rings. The predicted octanol–water partition coefficient (Wildman–Crippen LogP) is 3.66. The maximum Gasteiger partial charge on any atom is 0.406 e. The van der Waals surface area contributed by atoms with E-state index >= 15 is 0 Å². The van der Waals surface area contributed by atoms with Gasteiger partial charge in [0.1, 0.15) is 5.78 Å². The summed E-state index contributed by atoms with van der Waals surface area (Å²) in [5, 5.41) is 14.3. The fraction of sp³-hybridized carbons (Fsp3) is 0.750. The smallest absolute Gasteiger partial charge is 0.406 e. The van der Waals surface area contributed by atoms with E-state index in [1.54, 1.807) is 123 Å². The third kappa shape index (κ3) is 240. The largest absolute Gasteiger partial charge is 0.469 e. The molecule has 0 aliphatic carbocycles. The minimum absolute atomic E-state index is 0.00926. The topological polar surface area (TPSA) is 322 Å². The second-order valence-electron chi connectivity index (χ2n) is 13.2. The molecule has 0 spiro atoms. The van der Waals surface area contributed by atoms with Gasteiger partial charge in [-0.15, -0.1) is 0 Å². The van der Waals surface area contributed by atoms with Gasteiger partial charge in [0, 0.05) is 141 Å². The molecule has 0 heterocycles. The number of esters is 2. The van der Waals surface area contributed by atoms with Crippen LogP contribution in [0.1, 0.15) is 41.5 Å². The molecule has 0 unspecified atom stereocenters. The molecular formula is C44H105N11O16S3. The number of Topliss-reactive ketones (excluding diaryl/α,β-unsaturated/α-hetero) is 1. The second kappa shape index (κ2) is 93.5. The maximum absolute atomic E-state index is 10.3. The first-order chi connectivity index (χ1) is 33.7. The number of alkyl carbamates (subject to hydrolysis) is 2. The van der Waals surface area contributed by atoms with Crippen LogP contribution in [0.5, 0.6) is 0 Å². The number of ether oxygens (including phenoxy) is 5. The van der Waals surface area contributed by atoms with Gasteiger partial charge < -0.3 is 84.9 Å². The molecule has 0 aromatic heterocycles. The van der Waals surface area contributed by atoms with Gasteiger partial charge in [-0.2, -0.15) is 11.8 Å². The van der Waals surface area contributed by atoms with Crippen molar-refractivity contribution in [2.24, 2.45) is 0 Å². The Bertz CT molecular complexity index is 1150. The highest BCUT2D eigenvalue weighted by Crippen LogP contribution is 1.89. The van der Waals surface area contributed by atoms with Crippen LogP contribution in [0, 0.1) is 0 Å². The van der Waals surface area contributed by atoms with Crippen LogP contribution < -0.4 is 31.9 Å². The standard InChI is InChI=1S/2C4H10N2O.2C4H9NO.2C3H7NO2.2C3H7NOS.C3H9N.2C3H6O2.C3H6O.C2H6O.C2H6S/c2*1-5-4(7)6(2)3;2*1-4(6)5(2)3;4*1-4-3(5)6-2;1-4(2)3;2*1-3(4)5-2;1-3(2)4;2*1-3-2/h2*1-3H3,(H,5,7);2*1-3H3;4*1-2H3,(H,4,5);1-3H3;2*1-2H3;1-2H3;2*1-2H3. The molecule has 0 bridgehead atoms. The van der Waals surface area contributed by atoms with Crippen molar-refractivity contribution in [3.63, 3.8) is 0 Å². The predicted molar refractivity (Wildman–Crippen MR) is 308 cm³/mol. The van der Waals surface area contributed by atoms with Crippen molar-refractivity contribution in [3.8, 4) is 0 Å². The van der Waals surface area contributed by atoms with Crippen LogP contribution in [0.4, 0.5) is 28.8 Å². The van der Waals surface area contributed by atoms with Gasteiger partial charge in [0.15, 0.2) is 0 Å². The number of nitrogens with one attached hydrogen (secondary N) is 6. The Morgan fingerprint density at radius 3 is 0.500 bits per heavy atom. The van der Waals surface area contributed by atoms with Crippen LogP contribution in [0.3, 0.4) is 0 Å². The number of ketones is 1. The van der Waals surface area contributed by atoms with Gasteiger partial charge in [-0.25, -0.2) is 19.2 Å². The molecule has 30 heteroatoms. The molecular weight excluding hydrogens is 1030 g/mol. The number of urea groups is 2. The van der Waals surface area contributed by atoms with E-state index in [-0.39, 0.29) is 52.1 Å². The van der Waals surface area contributed by atoms with Crippen LogP contribution in [0.2, 0.25) is 0 Å². The number of amides is 10. The molecule has 0 aliphatic rings. The van der Waals surface area contributed by atoms with E-state index in [4.69, 9.17) is 0 Å². The second-order valence-corrected chi connectivity index (χ2v) is 15.5. The van der Waals surface area contributed by atoms with Crippen molar-refractivity contribution in [2.45, 2.75) is 41.5 Å². The fourth-order valence-corrected chi connectivity index (χ4v) is 1.26. The van der Waals surface area contributed by atoms with Crippen LogP contribution >= 0.6 is 35.3 Å². The highest BCUT2D eigenvalue weighted by Gasteiger charge is 1.95.